The van der Waals surface area contributed by atoms with Crippen LogP contribution >= 0.6 is 0 Å². The molecule has 1 aromatic heterocycles. The molecule has 0 aliphatic rings. The molecule has 0 radical (unpaired) electrons. The fourth-order valence-corrected chi connectivity index (χ4v) is 2.58. The largest absolute Gasteiger partial charge is 0.497 e. The molecule has 1 N–H and O–H groups in total. The first-order valence-corrected chi connectivity index (χ1v) is 8.44. The van der Waals surface area contributed by atoms with E-state index in [-0.39, 0.29) is 18.4 Å². The van der Waals surface area contributed by atoms with Gasteiger partial charge < -0.3 is 14.6 Å². The number of ether oxygens (including phenoxy) is 1. The van der Waals surface area contributed by atoms with Crippen LogP contribution in [0.25, 0.3) is 11.4 Å². The van der Waals surface area contributed by atoms with Gasteiger partial charge in [0, 0.05) is 11.5 Å². The molecule has 0 bridgehead atoms. The Kier molecular flexibility index (Phi) is 5.63. The molecule has 0 fully saturated rings. The van der Waals surface area contributed by atoms with Crippen molar-refractivity contribution in [2.75, 3.05) is 7.11 Å². The third-order valence-corrected chi connectivity index (χ3v) is 4.06. The lowest BCUT2D eigenvalue weighted by Crippen LogP contribution is -2.30. The molecule has 0 saturated carbocycles. The molecule has 26 heavy (non-hydrogen) atoms. The first kappa shape index (κ1) is 17.7. The van der Waals surface area contributed by atoms with Gasteiger partial charge in [0.25, 0.3) is 0 Å². The van der Waals surface area contributed by atoms with Crippen LogP contribution in [0.5, 0.6) is 5.75 Å². The highest BCUT2D eigenvalue weighted by Crippen LogP contribution is 2.19. The average molecular weight is 351 g/mol. The summed E-state index contributed by atoms with van der Waals surface area (Å²) in [5.41, 5.74) is 1.96. The van der Waals surface area contributed by atoms with Gasteiger partial charge in [0.2, 0.25) is 17.6 Å². The molecule has 6 nitrogen and oxygen atoms in total. The molecular formula is C20H21N3O3. The Morgan fingerprint density at radius 1 is 1.15 bits per heavy atom. The highest BCUT2D eigenvalue weighted by Gasteiger charge is 2.15. The number of hydrogen-bond acceptors (Lipinski definition) is 5. The number of amides is 1. The van der Waals surface area contributed by atoms with Gasteiger partial charge in [0.1, 0.15) is 5.75 Å². The summed E-state index contributed by atoms with van der Waals surface area (Å²) in [4.78, 5) is 16.6. The summed E-state index contributed by atoms with van der Waals surface area (Å²) >= 11 is 0. The van der Waals surface area contributed by atoms with Crippen LogP contribution < -0.4 is 10.1 Å². The van der Waals surface area contributed by atoms with Crippen LogP contribution in [-0.4, -0.2) is 23.2 Å². The van der Waals surface area contributed by atoms with Crippen LogP contribution in [0.2, 0.25) is 0 Å². The summed E-state index contributed by atoms with van der Waals surface area (Å²) < 4.78 is 10.3. The molecule has 6 heteroatoms. The normalized spacial score (nSPS) is 11.8. The maximum Gasteiger partial charge on any atom is 0.246 e. The van der Waals surface area contributed by atoms with Crippen LogP contribution in [0, 0.1) is 5.92 Å². The van der Waals surface area contributed by atoms with Gasteiger partial charge in [-0.05, 0) is 36.2 Å². The van der Waals surface area contributed by atoms with Gasteiger partial charge in [-0.25, -0.2) is 0 Å². The number of aromatic nitrogens is 2. The van der Waals surface area contributed by atoms with Crippen molar-refractivity contribution in [3.63, 3.8) is 0 Å². The molecule has 0 aliphatic carbocycles. The van der Waals surface area contributed by atoms with Crippen LogP contribution in [0.4, 0.5) is 0 Å². The van der Waals surface area contributed by atoms with Crippen molar-refractivity contribution >= 4 is 5.91 Å². The third-order valence-electron chi connectivity index (χ3n) is 4.06. The van der Waals surface area contributed by atoms with Crippen molar-refractivity contribution in [3.8, 4) is 17.1 Å². The number of methoxy groups -OCH3 is 1. The van der Waals surface area contributed by atoms with Crippen LogP contribution in [-0.2, 0) is 17.8 Å². The molecule has 1 heterocycles. The van der Waals surface area contributed by atoms with Gasteiger partial charge in [0.15, 0.2) is 0 Å². The van der Waals surface area contributed by atoms with Crippen molar-refractivity contribution < 1.29 is 14.1 Å². The third kappa shape index (κ3) is 4.47. The second-order valence-electron chi connectivity index (χ2n) is 6.05. The second-order valence-corrected chi connectivity index (χ2v) is 6.05. The number of carbonyl (C=O) groups excluding carboxylic acids is 1. The lowest BCUT2D eigenvalue weighted by atomic mass is 10.0. The summed E-state index contributed by atoms with van der Waals surface area (Å²) in [5.74, 6) is 1.43. The highest BCUT2D eigenvalue weighted by atomic mass is 16.5. The minimum atomic E-state index is -0.138. The minimum Gasteiger partial charge on any atom is -0.497 e. The Hall–Kier alpha value is -3.15. The van der Waals surface area contributed by atoms with Crippen molar-refractivity contribution in [3.05, 3.63) is 66.1 Å². The van der Waals surface area contributed by atoms with Gasteiger partial charge in [-0.1, -0.05) is 42.4 Å². The molecule has 3 aromatic rings. The zero-order valence-electron chi connectivity index (χ0n) is 14.8. The van der Waals surface area contributed by atoms with E-state index in [9.17, 15) is 4.79 Å². The Balaban J connectivity index is 1.54. The zero-order valence-corrected chi connectivity index (χ0v) is 14.8. The van der Waals surface area contributed by atoms with Crippen LogP contribution in [0.3, 0.4) is 0 Å². The van der Waals surface area contributed by atoms with Gasteiger partial charge in [-0.15, -0.1) is 0 Å². The van der Waals surface area contributed by atoms with Crippen molar-refractivity contribution in [1.29, 1.82) is 0 Å². The fourth-order valence-electron chi connectivity index (χ4n) is 2.58. The van der Waals surface area contributed by atoms with Gasteiger partial charge >= 0.3 is 0 Å². The highest BCUT2D eigenvalue weighted by molar-refractivity contribution is 5.78. The van der Waals surface area contributed by atoms with Crippen molar-refractivity contribution in [2.45, 2.75) is 19.9 Å². The van der Waals surface area contributed by atoms with E-state index < -0.39 is 0 Å². The Morgan fingerprint density at radius 3 is 2.58 bits per heavy atom. The average Bonchev–Trinajstić information content (AvgIpc) is 3.16. The van der Waals surface area contributed by atoms with Crippen molar-refractivity contribution in [2.24, 2.45) is 5.92 Å². The molecule has 2 aromatic carbocycles. The van der Waals surface area contributed by atoms with Gasteiger partial charge in [0.05, 0.1) is 13.7 Å². The molecule has 3 rings (SSSR count). The van der Waals surface area contributed by atoms with E-state index in [4.69, 9.17) is 9.26 Å². The van der Waals surface area contributed by atoms with E-state index in [1.165, 1.54) is 0 Å². The topological polar surface area (TPSA) is 77.3 Å². The number of nitrogens with one attached hydrogen (secondary N) is 1. The molecule has 134 valence electrons. The molecular weight excluding hydrogens is 330 g/mol. The lowest BCUT2D eigenvalue weighted by molar-refractivity contribution is -0.124. The van der Waals surface area contributed by atoms with Gasteiger partial charge in [-0.2, -0.15) is 4.98 Å². The van der Waals surface area contributed by atoms with E-state index in [0.29, 0.717) is 18.1 Å². The first-order valence-electron chi connectivity index (χ1n) is 8.44. The number of hydrogen-bond donors (Lipinski definition) is 1. The van der Waals surface area contributed by atoms with E-state index in [2.05, 4.69) is 15.5 Å². The van der Waals surface area contributed by atoms with E-state index in [1.54, 1.807) is 7.11 Å². The van der Waals surface area contributed by atoms with Crippen molar-refractivity contribution in [1.82, 2.24) is 15.5 Å². The predicted molar refractivity (Wildman–Crippen MR) is 97.4 cm³/mol. The predicted octanol–water partition coefficient (Wildman–Crippen LogP) is 3.24. The summed E-state index contributed by atoms with van der Waals surface area (Å²) in [6, 6.07) is 17.3. The monoisotopic (exact) mass is 351 g/mol. The number of rotatable bonds is 7. The van der Waals surface area contributed by atoms with Crippen LogP contribution in [0.15, 0.2) is 59.1 Å². The number of benzene rings is 2. The summed E-state index contributed by atoms with van der Waals surface area (Å²) in [7, 11) is 1.61. The molecule has 1 atom stereocenters. The molecule has 0 aliphatic heterocycles. The summed E-state index contributed by atoms with van der Waals surface area (Å²) in [6.07, 6.45) is 0.688. The zero-order chi connectivity index (χ0) is 18.4. The lowest BCUT2D eigenvalue weighted by Gasteiger charge is -2.10. The quantitative estimate of drug-likeness (QED) is 0.707. The van der Waals surface area contributed by atoms with E-state index in [1.807, 2.05) is 61.5 Å². The minimum absolute atomic E-state index is 0.0435. The number of nitrogens with zero attached hydrogens (tertiary/aromatic N) is 2. The van der Waals surface area contributed by atoms with Gasteiger partial charge in [-0.3, -0.25) is 4.79 Å². The maximum atomic E-state index is 12.3. The fraction of sp³-hybridized carbons (Fsp3) is 0.250. The maximum absolute atomic E-state index is 12.3. The first-order chi connectivity index (χ1) is 12.7. The molecule has 1 amide bonds. The smallest absolute Gasteiger partial charge is 0.246 e. The second kappa shape index (κ2) is 8.29. The Morgan fingerprint density at radius 2 is 1.88 bits per heavy atom. The molecule has 0 saturated heterocycles. The summed E-state index contributed by atoms with van der Waals surface area (Å²) in [6.45, 7) is 2.11. The van der Waals surface area contributed by atoms with E-state index >= 15 is 0 Å². The molecule has 0 spiro atoms. The Bertz CT molecular complexity index is 844. The van der Waals surface area contributed by atoms with E-state index in [0.717, 1.165) is 16.9 Å². The molecule has 1 unspecified atom stereocenters. The SMILES string of the molecule is COc1ccc(-c2noc(CNC(=O)C(C)Cc3ccccc3)n2)cc1. The Labute approximate surface area is 152 Å². The summed E-state index contributed by atoms with van der Waals surface area (Å²) in [5, 5.41) is 6.80. The van der Waals surface area contributed by atoms with Crippen LogP contribution in [0.1, 0.15) is 18.4 Å². The standard InChI is InChI=1S/C20H21N3O3/c1-14(12-15-6-4-3-5-7-15)20(24)21-13-18-22-19(23-26-18)16-8-10-17(25-2)11-9-16/h3-11,14H,12-13H2,1-2H3,(H,21,24). The number of carbonyl (C=O) groups is 1.